The van der Waals surface area contributed by atoms with E-state index in [1.807, 2.05) is 23.6 Å². The topological polar surface area (TPSA) is 64.0 Å². The van der Waals surface area contributed by atoms with E-state index in [1.54, 1.807) is 36.8 Å². The normalized spacial score (nSPS) is 10.8. The van der Waals surface area contributed by atoms with Gasteiger partial charge < -0.3 is 9.88 Å². The molecule has 3 aromatic rings. The molecule has 6 heteroatoms. The molecule has 2 heterocycles. The lowest BCUT2D eigenvalue weighted by Gasteiger charge is -2.12. The smallest absolute Gasteiger partial charge is 0.257 e. The number of carbonyl (C=O) groups is 1. The quantitative estimate of drug-likeness (QED) is 0.793. The minimum Gasteiger partial charge on any atom is -0.348 e. The highest BCUT2D eigenvalue weighted by atomic mass is 35.5. The van der Waals surface area contributed by atoms with E-state index in [9.17, 15) is 9.59 Å². The van der Waals surface area contributed by atoms with Crippen molar-refractivity contribution in [3.63, 3.8) is 0 Å². The highest BCUT2D eigenvalue weighted by Gasteiger charge is 2.15. The van der Waals surface area contributed by atoms with Gasteiger partial charge in [0, 0.05) is 42.1 Å². The Kier molecular flexibility index (Phi) is 4.62. The van der Waals surface area contributed by atoms with Gasteiger partial charge in [-0.2, -0.15) is 0 Å². The Balaban J connectivity index is 1.98. The molecule has 1 N–H and O–H groups in total. The predicted octanol–water partition coefficient (Wildman–Crippen LogP) is 3.00. The zero-order chi connectivity index (χ0) is 17.1. The standard InChI is InChI=1S/C18H16ClN3O2/c1-2-22-11-15(17(23)14-9-13(19)3-4-16(14)22)18(24)21-10-12-5-7-20-8-6-12/h3-9,11H,2,10H2,1H3,(H,21,24). The summed E-state index contributed by atoms with van der Waals surface area (Å²) in [5, 5.41) is 3.69. The van der Waals surface area contributed by atoms with Crippen LogP contribution in [-0.2, 0) is 13.1 Å². The number of amides is 1. The van der Waals surface area contributed by atoms with Crippen LogP contribution in [0.3, 0.4) is 0 Å². The molecule has 0 bridgehead atoms. The highest BCUT2D eigenvalue weighted by molar-refractivity contribution is 6.31. The lowest BCUT2D eigenvalue weighted by Crippen LogP contribution is -2.29. The van der Waals surface area contributed by atoms with Gasteiger partial charge in [0.15, 0.2) is 0 Å². The summed E-state index contributed by atoms with van der Waals surface area (Å²) < 4.78 is 1.87. The molecule has 0 spiro atoms. The third-order valence-electron chi connectivity index (χ3n) is 3.83. The van der Waals surface area contributed by atoms with Crippen LogP contribution in [0.1, 0.15) is 22.8 Å². The number of carbonyl (C=O) groups excluding carboxylic acids is 1. The van der Waals surface area contributed by atoms with Crippen LogP contribution in [0.15, 0.2) is 53.7 Å². The van der Waals surface area contributed by atoms with Crippen molar-refractivity contribution < 1.29 is 4.79 Å². The molecule has 5 nitrogen and oxygen atoms in total. The van der Waals surface area contributed by atoms with Gasteiger partial charge in [-0.15, -0.1) is 0 Å². The number of hydrogen-bond donors (Lipinski definition) is 1. The molecule has 0 aliphatic heterocycles. The van der Waals surface area contributed by atoms with Crippen molar-refractivity contribution in [2.75, 3.05) is 0 Å². The lowest BCUT2D eigenvalue weighted by molar-refractivity contribution is 0.0949. The maximum absolute atomic E-state index is 12.7. The monoisotopic (exact) mass is 341 g/mol. The fraction of sp³-hybridized carbons (Fsp3) is 0.167. The fourth-order valence-electron chi connectivity index (χ4n) is 2.57. The largest absolute Gasteiger partial charge is 0.348 e. The molecule has 2 aromatic heterocycles. The number of aromatic nitrogens is 2. The molecule has 1 aromatic carbocycles. The molecule has 1 amide bonds. The minimum absolute atomic E-state index is 0.112. The first-order valence-electron chi connectivity index (χ1n) is 7.60. The van der Waals surface area contributed by atoms with E-state index in [1.165, 1.54) is 0 Å². The van der Waals surface area contributed by atoms with Gasteiger partial charge in [-0.1, -0.05) is 11.6 Å². The Morgan fingerprint density at radius 1 is 1.25 bits per heavy atom. The number of fused-ring (bicyclic) bond motifs is 1. The van der Waals surface area contributed by atoms with Gasteiger partial charge in [0.05, 0.1) is 5.52 Å². The number of halogens is 1. The zero-order valence-electron chi connectivity index (χ0n) is 13.1. The Labute approximate surface area is 143 Å². The Hall–Kier alpha value is -2.66. The molecule has 0 unspecified atom stereocenters. The van der Waals surface area contributed by atoms with E-state index in [2.05, 4.69) is 10.3 Å². The third-order valence-corrected chi connectivity index (χ3v) is 4.07. The summed E-state index contributed by atoms with van der Waals surface area (Å²) in [6.45, 7) is 2.93. The van der Waals surface area contributed by atoms with Crippen LogP contribution in [0.25, 0.3) is 10.9 Å². The lowest BCUT2D eigenvalue weighted by atomic mass is 10.1. The molecule has 0 atom stereocenters. The van der Waals surface area contributed by atoms with Gasteiger partial charge in [-0.3, -0.25) is 14.6 Å². The molecular formula is C18H16ClN3O2. The number of aryl methyl sites for hydroxylation is 1. The first kappa shape index (κ1) is 16.2. The molecule has 0 saturated carbocycles. The number of benzene rings is 1. The van der Waals surface area contributed by atoms with Gasteiger partial charge >= 0.3 is 0 Å². The van der Waals surface area contributed by atoms with Crippen molar-refractivity contribution in [2.24, 2.45) is 0 Å². The molecule has 0 aliphatic carbocycles. The van der Waals surface area contributed by atoms with Crippen molar-refractivity contribution in [2.45, 2.75) is 20.0 Å². The van der Waals surface area contributed by atoms with Crippen molar-refractivity contribution in [3.05, 3.63) is 75.3 Å². The second-order valence-electron chi connectivity index (χ2n) is 5.36. The van der Waals surface area contributed by atoms with E-state index in [-0.39, 0.29) is 11.0 Å². The number of nitrogens with zero attached hydrogens (tertiary/aromatic N) is 2. The molecular weight excluding hydrogens is 326 g/mol. The molecule has 0 aliphatic rings. The van der Waals surface area contributed by atoms with Crippen molar-refractivity contribution in [1.29, 1.82) is 0 Å². The van der Waals surface area contributed by atoms with Crippen molar-refractivity contribution >= 4 is 28.4 Å². The number of hydrogen-bond acceptors (Lipinski definition) is 3. The summed E-state index contributed by atoms with van der Waals surface area (Å²) in [7, 11) is 0. The van der Waals surface area contributed by atoms with Crippen LogP contribution in [-0.4, -0.2) is 15.5 Å². The average molecular weight is 342 g/mol. The van der Waals surface area contributed by atoms with Crippen LogP contribution >= 0.6 is 11.6 Å². The van der Waals surface area contributed by atoms with E-state index >= 15 is 0 Å². The predicted molar refractivity (Wildman–Crippen MR) is 94.3 cm³/mol. The van der Waals surface area contributed by atoms with Gasteiger partial charge in [0.1, 0.15) is 5.56 Å². The van der Waals surface area contributed by atoms with E-state index < -0.39 is 5.91 Å². The number of pyridine rings is 2. The van der Waals surface area contributed by atoms with Crippen molar-refractivity contribution in [1.82, 2.24) is 14.9 Å². The first-order valence-corrected chi connectivity index (χ1v) is 7.97. The second kappa shape index (κ2) is 6.84. The van der Waals surface area contributed by atoms with Gasteiger partial charge in [-0.25, -0.2) is 0 Å². The van der Waals surface area contributed by atoms with Crippen molar-refractivity contribution in [3.8, 4) is 0 Å². The van der Waals surface area contributed by atoms with E-state index in [0.717, 1.165) is 11.1 Å². The molecule has 0 radical (unpaired) electrons. The molecule has 0 fully saturated rings. The summed E-state index contributed by atoms with van der Waals surface area (Å²) >= 11 is 6.00. The van der Waals surface area contributed by atoms with Crippen LogP contribution < -0.4 is 10.7 Å². The third kappa shape index (κ3) is 3.16. The Bertz CT molecular complexity index is 952. The summed E-state index contributed by atoms with van der Waals surface area (Å²) in [4.78, 5) is 29.1. The molecule has 0 saturated heterocycles. The van der Waals surface area contributed by atoms with Gasteiger partial charge in [0.25, 0.3) is 5.91 Å². The SMILES string of the molecule is CCn1cc(C(=O)NCc2ccncc2)c(=O)c2cc(Cl)ccc21. The van der Waals surface area contributed by atoms with E-state index in [0.29, 0.717) is 23.5 Å². The van der Waals surface area contributed by atoms with E-state index in [4.69, 9.17) is 11.6 Å². The first-order chi connectivity index (χ1) is 11.6. The maximum atomic E-state index is 12.7. The number of rotatable bonds is 4. The van der Waals surface area contributed by atoms with Crippen LogP contribution in [0, 0.1) is 0 Å². The Morgan fingerprint density at radius 3 is 2.71 bits per heavy atom. The number of nitrogens with one attached hydrogen (secondary N) is 1. The summed E-state index contributed by atoms with van der Waals surface area (Å²) in [6.07, 6.45) is 4.91. The summed E-state index contributed by atoms with van der Waals surface area (Å²) in [6, 6.07) is 8.75. The fourth-order valence-corrected chi connectivity index (χ4v) is 2.74. The molecule has 24 heavy (non-hydrogen) atoms. The summed E-state index contributed by atoms with van der Waals surface area (Å²) in [5.74, 6) is -0.402. The minimum atomic E-state index is -0.402. The van der Waals surface area contributed by atoms with Gasteiger partial charge in [0.2, 0.25) is 5.43 Å². The molecule has 3 rings (SSSR count). The highest BCUT2D eigenvalue weighted by Crippen LogP contribution is 2.17. The summed E-state index contributed by atoms with van der Waals surface area (Å²) in [5.41, 5.74) is 1.47. The maximum Gasteiger partial charge on any atom is 0.257 e. The second-order valence-corrected chi connectivity index (χ2v) is 5.79. The Morgan fingerprint density at radius 2 is 2.00 bits per heavy atom. The van der Waals surface area contributed by atoms with Crippen LogP contribution in [0.2, 0.25) is 5.02 Å². The zero-order valence-corrected chi connectivity index (χ0v) is 13.9. The average Bonchev–Trinajstić information content (AvgIpc) is 2.61. The van der Waals surface area contributed by atoms with Crippen LogP contribution in [0.4, 0.5) is 0 Å². The van der Waals surface area contributed by atoms with Gasteiger partial charge in [-0.05, 0) is 42.8 Å². The van der Waals surface area contributed by atoms with Crippen LogP contribution in [0.5, 0.6) is 0 Å². The molecule has 122 valence electrons.